The summed E-state index contributed by atoms with van der Waals surface area (Å²) in [6.45, 7) is 1.97. The number of anilines is 1. The molecule has 184 valence electrons. The number of carbonyl (C=O) groups excluding carboxylic acids is 1. The number of non-ortho nitro benzene ring substituents is 1. The number of aryl methyl sites for hydroxylation is 1. The van der Waals surface area contributed by atoms with Crippen LogP contribution in [-0.2, 0) is 4.79 Å². The molecule has 3 aromatic carbocycles. The standard InChI is InChI=1S/C26H19N5O4S2/c1-16-9-11-18(12-10-16)30-24(33)20-7-2-3-8-21(20)28-26(30)37-15-23(32)29-25-27-22(14-36-25)17-5-4-6-19(13-17)31(34)35/h2-14H,15H2,1H3,(H,27,29,32). The predicted octanol–water partition coefficient (Wildman–Crippen LogP) is 5.46. The molecular formula is C26H19N5O4S2. The second kappa shape index (κ2) is 10.3. The highest BCUT2D eigenvalue weighted by atomic mass is 32.2. The normalized spacial score (nSPS) is 10.9. The minimum absolute atomic E-state index is 0.00234. The van der Waals surface area contributed by atoms with Crippen LogP contribution in [-0.4, -0.2) is 31.1 Å². The van der Waals surface area contributed by atoms with Gasteiger partial charge in [0.25, 0.3) is 11.2 Å². The van der Waals surface area contributed by atoms with E-state index in [9.17, 15) is 19.7 Å². The van der Waals surface area contributed by atoms with Crippen LogP contribution in [0.15, 0.2) is 88.1 Å². The molecule has 2 heterocycles. The van der Waals surface area contributed by atoms with Crippen molar-refractivity contribution in [3.8, 4) is 16.9 Å². The monoisotopic (exact) mass is 529 g/mol. The van der Waals surface area contributed by atoms with Gasteiger partial charge in [-0.2, -0.15) is 0 Å². The molecule has 11 heteroatoms. The Kier molecular flexibility index (Phi) is 6.80. The summed E-state index contributed by atoms with van der Waals surface area (Å²) < 4.78 is 1.52. The molecule has 0 aliphatic heterocycles. The third kappa shape index (κ3) is 5.27. The van der Waals surface area contributed by atoms with Crippen molar-refractivity contribution in [1.82, 2.24) is 14.5 Å². The molecule has 0 radical (unpaired) electrons. The van der Waals surface area contributed by atoms with Gasteiger partial charge >= 0.3 is 0 Å². The first kappa shape index (κ1) is 24.3. The zero-order chi connectivity index (χ0) is 25.9. The molecule has 0 spiro atoms. The molecule has 0 bridgehead atoms. The average Bonchev–Trinajstić information content (AvgIpc) is 3.37. The zero-order valence-electron chi connectivity index (χ0n) is 19.5. The molecule has 9 nitrogen and oxygen atoms in total. The summed E-state index contributed by atoms with van der Waals surface area (Å²) in [5.41, 5.74) is 3.16. The first-order chi connectivity index (χ1) is 17.9. The van der Waals surface area contributed by atoms with E-state index >= 15 is 0 Å². The molecule has 0 atom stereocenters. The Morgan fingerprint density at radius 3 is 2.65 bits per heavy atom. The molecule has 0 aliphatic rings. The van der Waals surface area contributed by atoms with Crippen molar-refractivity contribution in [3.63, 3.8) is 0 Å². The molecule has 1 amide bonds. The molecule has 0 fully saturated rings. The number of nitrogens with one attached hydrogen (secondary N) is 1. The van der Waals surface area contributed by atoms with Gasteiger partial charge < -0.3 is 5.32 Å². The van der Waals surface area contributed by atoms with Crippen LogP contribution >= 0.6 is 23.1 Å². The number of thioether (sulfide) groups is 1. The van der Waals surface area contributed by atoms with E-state index in [1.807, 2.05) is 37.3 Å². The smallest absolute Gasteiger partial charge is 0.270 e. The number of hydrogen-bond acceptors (Lipinski definition) is 8. The van der Waals surface area contributed by atoms with E-state index in [0.717, 1.165) is 17.3 Å². The lowest BCUT2D eigenvalue weighted by atomic mass is 10.1. The number of para-hydroxylation sites is 1. The van der Waals surface area contributed by atoms with Crippen LogP contribution in [0, 0.1) is 17.0 Å². The lowest BCUT2D eigenvalue weighted by molar-refractivity contribution is -0.384. The van der Waals surface area contributed by atoms with Crippen LogP contribution in [0.1, 0.15) is 5.56 Å². The van der Waals surface area contributed by atoms with Crippen LogP contribution in [0.5, 0.6) is 0 Å². The van der Waals surface area contributed by atoms with E-state index in [2.05, 4.69) is 15.3 Å². The van der Waals surface area contributed by atoms with Crippen LogP contribution in [0.2, 0.25) is 0 Å². The zero-order valence-corrected chi connectivity index (χ0v) is 21.1. The number of nitrogens with zero attached hydrogens (tertiary/aromatic N) is 4. The van der Waals surface area contributed by atoms with Crippen molar-refractivity contribution in [1.29, 1.82) is 0 Å². The molecule has 37 heavy (non-hydrogen) atoms. The second-order valence-electron chi connectivity index (χ2n) is 8.07. The summed E-state index contributed by atoms with van der Waals surface area (Å²) in [5.74, 6) is -0.315. The Balaban J connectivity index is 1.36. The largest absolute Gasteiger partial charge is 0.301 e. The number of aromatic nitrogens is 3. The second-order valence-corrected chi connectivity index (χ2v) is 9.87. The molecule has 5 rings (SSSR count). The minimum atomic E-state index is -0.465. The number of hydrogen-bond donors (Lipinski definition) is 1. The molecular weight excluding hydrogens is 510 g/mol. The number of nitro groups is 1. The molecule has 2 aromatic heterocycles. The van der Waals surface area contributed by atoms with Crippen LogP contribution in [0.25, 0.3) is 27.8 Å². The lowest BCUT2D eigenvalue weighted by Gasteiger charge is -2.13. The summed E-state index contributed by atoms with van der Waals surface area (Å²) in [6.07, 6.45) is 0. The van der Waals surface area contributed by atoms with Gasteiger partial charge in [0.2, 0.25) is 5.91 Å². The van der Waals surface area contributed by atoms with Gasteiger partial charge in [-0.1, -0.05) is 53.7 Å². The summed E-state index contributed by atoms with van der Waals surface area (Å²) in [5, 5.41) is 16.8. The Morgan fingerprint density at radius 2 is 1.86 bits per heavy atom. The number of fused-ring (bicyclic) bond motifs is 1. The van der Waals surface area contributed by atoms with Crippen molar-refractivity contribution in [2.45, 2.75) is 12.1 Å². The van der Waals surface area contributed by atoms with E-state index in [1.54, 1.807) is 35.7 Å². The fourth-order valence-corrected chi connectivity index (χ4v) is 5.21. The van der Waals surface area contributed by atoms with Gasteiger partial charge in [0.1, 0.15) is 0 Å². The maximum Gasteiger partial charge on any atom is 0.270 e. The average molecular weight is 530 g/mol. The molecule has 0 aliphatic carbocycles. The Hall–Kier alpha value is -4.35. The fourth-order valence-electron chi connectivity index (χ4n) is 3.66. The third-order valence-electron chi connectivity index (χ3n) is 5.47. The molecule has 1 N–H and O–H groups in total. The fraction of sp³-hybridized carbons (Fsp3) is 0.0769. The van der Waals surface area contributed by atoms with Gasteiger partial charge in [0.05, 0.1) is 33.0 Å². The van der Waals surface area contributed by atoms with Gasteiger partial charge in [-0.15, -0.1) is 11.3 Å². The van der Waals surface area contributed by atoms with E-state index < -0.39 is 4.92 Å². The van der Waals surface area contributed by atoms with Gasteiger partial charge in [0.15, 0.2) is 10.3 Å². The van der Waals surface area contributed by atoms with Gasteiger partial charge in [-0.3, -0.25) is 24.3 Å². The lowest BCUT2D eigenvalue weighted by Crippen LogP contribution is -2.23. The highest BCUT2D eigenvalue weighted by Gasteiger charge is 2.16. The van der Waals surface area contributed by atoms with Crippen LogP contribution in [0.4, 0.5) is 10.8 Å². The maximum atomic E-state index is 13.3. The minimum Gasteiger partial charge on any atom is -0.301 e. The molecule has 5 aromatic rings. The SMILES string of the molecule is Cc1ccc(-n2c(SCC(=O)Nc3nc(-c4cccc([N+](=O)[O-])c4)cs3)nc3ccccc3c2=O)cc1. The Bertz CT molecular complexity index is 1700. The predicted molar refractivity (Wildman–Crippen MR) is 146 cm³/mol. The number of rotatable bonds is 7. The number of amides is 1. The van der Waals surface area contributed by atoms with Gasteiger partial charge in [-0.05, 0) is 31.2 Å². The Labute approximate surface area is 219 Å². The van der Waals surface area contributed by atoms with Crippen LogP contribution < -0.4 is 10.9 Å². The van der Waals surface area contributed by atoms with Crippen molar-refractivity contribution >= 4 is 50.7 Å². The number of thiazole rings is 1. The third-order valence-corrected chi connectivity index (χ3v) is 7.17. The quantitative estimate of drug-likeness (QED) is 0.129. The first-order valence-corrected chi connectivity index (χ1v) is 13.0. The van der Waals surface area contributed by atoms with E-state index in [-0.39, 0.29) is 22.9 Å². The maximum absolute atomic E-state index is 13.3. The number of carbonyl (C=O) groups is 1. The Morgan fingerprint density at radius 1 is 1.08 bits per heavy atom. The summed E-state index contributed by atoms with van der Waals surface area (Å²) in [7, 11) is 0. The van der Waals surface area contributed by atoms with Gasteiger partial charge in [-0.25, -0.2) is 9.97 Å². The van der Waals surface area contributed by atoms with Crippen molar-refractivity contribution in [2.75, 3.05) is 11.1 Å². The topological polar surface area (TPSA) is 120 Å². The van der Waals surface area contributed by atoms with E-state index in [1.165, 1.54) is 28.0 Å². The number of nitro benzene ring substituents is 1. The highest BCUT2D eigenvalue weighted by molar-refractivity contribution is 7.99. The van der Waals surface area contributed by atoms with E-state index in [4.69, 9.17) is 0 Å². The summed E-state index contributed by atoms with van der Waals surface area (Å²) in [6, 6.07) is 20.8. The number of benzene rings is 3. The first-order valence-electron chi connectivity index (χ1n) is 11.1. The van der Waals surface area contributed by atoms with Crippen molar-refractivity contribution < 1.29 is 9.72 Å². The highest BCUT2D eigenvalue weighted by Crippen LogP contribution is 2.28. The van der Waals surface area contributed by atoms with Crippen molar-refractivity contribution in [3.05, 3.63) is 104 Å². The molecule has 0 saturated carbocycles. The molecule has 0 unspecified atom stereocenters. The van der Waals surface area contributed by atoms with E-state index in [0.29, 0.717) is 38.1 Å². The summed E-state index contributed by atoms with van der Waals surface area (Å²) in [4.78, 5) is 45.7. The van der Waals surface area contributed by atoms with Gasteiger partial charge in [0, 0.05) is 23.1 Å². The van der Waals surface area contributed by atoms with Crippen LogP contribution in [0.3, 0.4) is 0 Å². The summed E-state index contributed by atoms with van der Waals surface area (Å²) >= 11 is 2.37. The molecule has 0 saturated heterocycles. The van der Waals surface area contributed by atoms with Crippen molar-refractivity contribution in [2.24, 2.45) is 0 Å².